The van der Waals surface area contributed by atoms with Crippen LogP contribution in [0.25, 0.3) is 0 Å². The van der Waals surface area contributed by atoms with E-state index in [0.717, 1.165) is 0 Å². The lowest BCUT2D eigenvalue weighted by atomic mass is 9.71. The van der Waals surface area contributed by atoms with Crippen molar-refractivity contribution >= 4 is 11.6 Å². The van der Waals surface area contributed by atoms with Crippen molar-refractivity contribution in [3.63, 3.8) is 0 Å². The van der Waals surface area contributed by atoms with Gasteiger partial charge >= 0.3 is 0 Å². The molecule has 2 rings (SSSR count). The topological polar surface area (TPSA) is 0 Å². The number of alkyl halides is 1. The highest BCUT2D eigenvalue weighted by molar-refractivity contribution is 6.21. The first-order chi connectivity index (χ1) is 9.15. The predicted octanol–water partition coefficient (Wildman–Crippen LogP) is 6.28. The van der Waals surface area contributed by atoms with E-state index in [9.17, 15) is 0 Å². The Kier molecular flexibility index (Phi) is 5.33. The van der Waals surface area contributed by atoms with Gasteiger partial charge in [-0.25, -0.2) is 0 Å². The minimum atomic E-state index is 0.174. The van der Waals surface area contributed by atoms with Crippen molar-refractivity contribution in [1.29, 1.82) is 0 Å². The molecule has 1 fully saturated rings. The summed E-state index contributed by atoms with van der Waals surface area (Å²) in [4.78, 5) is 0. The zero-order valence-electron chi connectivity index (χ0n) is 12.4. The average molecular weight is 279 g/mol. The van der Waals surface area contributed by atoms with E-state index in [1.807, 2.05) is 0 Å². The monoisotopic (exact) mass is 278 g/mol. The lowest BCUT2D eigenvalue weighted by molar-refractivity contribution is 0.206. The Morgan fingerprint density at radius 2 is 1.74 bits per heavy atom. The van der Waals surface area contributed by atoms with Gasteiger partial charge in [0.2, 0.25) is 0 Å². The van der Waals surface area contributed by atoms with E-state index in [2.05, 4.69) is 38.1 Å². The van der Waals surface area contributed by atoms with Crippen LogP contribution in [0.2, 0.25) is 0 Å². The molecule has 1 aromatic carbocycles. The zero-order chi connectivity index (χ0) is 13.7. The molecule has 0 aliphatic heterocycles. The van der Waals surface area contributed by atoms with Gasteiger partial charge in [-0.2, -0.15) is 0 Å². The molecule has 0 heterocycles. The molecule has 1 unspecified atom stereocenters. The molecule has 0 saturated heterocycles. The van der Waals surface area contributed by atoms with Gasteiger partial charge in [0.25, 0.3) is 0 Å². The van der Waals surface area contributed by atoms with Crippen molar-refractivity contribution in [3.8, 4) is 0 Å². The average Bonchev–Trinajstić information content (AvgIpc) is 2.46. The van der Waals surface area contributed by atoms with Crippen LogP contribution in [0.3, 0.4) is 0 Å². The summed E-state index contributed by atoms with van der Waals surface area (Å²) in [5, 5.41) is 0.174. The maximum Gasteiger partial charge on any atom is 0.0638 e. The summed E-state index contributed by atoms with van der Waals surface area (Å²) in [6.07, 6.45) is 10.4. The van der Waals surface area contributed by atoms with E-state index in [1.165, 1.54) is 62.5 Å². The fourth-order valence-corrected chi connectivity index (χ4v) is 3.61. The number of rotatable bonds is 5. The van der Waals surface area contributed by atoms with Crippen molar-refractivity contribution < 1.29 is 0 Å². The van der Waals surface area contributed by atoms with Crippen LogP contribution in [0.5, 0.6) is 0 Å². The number of benzene rings is 1. The second kappa shape index (κ2) is 6.79. The van der Waals surface area contributed by atoms with Crippen LogP contribution in [0, 0.1) is 5.41 Å². The smallest absolute Gasteiger partial charge is 0.0638 e. The van der Waals surface area contributed by atoms with Gasteiger partial charge in [-0.15, -0.1) is 11.6 Å². The minimum Gasteiger partial charge on any atom is -0.117 e. The quantitative estimate of drug-likeness (QED) is 0.556. The number of hydrogen-bond acceptors (Lipinski definition) is 0. The predicted molar refractivity (Wildman–Crippen MR) is 84.8 cm³/mol. The van der Waals surface area contributed by atoms with Gasteiger partial charge in [-0.05, 0) is 42.2 Å². The van der Waals surface area contributed by atoms with Crippen LogP contribution in [-0.4, -0.2) is 0 Å². The lowest BCUT2D eigenvalue weighted by Crippen LogP contribution is -2.25. The minimum absolute atomic E-state index is 0.174. The maximum absolute atomic E-state index is 6.78. The molecule has 1 aromatic rings. The fraction of sp³-hybridized carbons (Fsp3) is 0.667. The van der Waals surface area contributed by atoms with Crippen LogP contribution >= 0.6 is 11.6 Å². The normalized spacial score (nSPS) is 20.2. The summed E-state index contributed by atoms with van der Waals surface area (Å²) >= 11 is 6.78. The fourth-order valence-electron chi connectivity index (χ4n) is 3.25. The molecule has 1 atom stereocenters. The Bertz CT molecular complexity index is 373. The van der Waals surface area contributed by atoms with Crippen molar-refractivity contribution in [1.82, 2.24) is 0 Å². The Morgan fingerprint density at radius 3 is 2.32 bits per heavy atom. The van der Waals surface area contributed by atoms with E-state index in [4.69, 9.17) is 11.6 Å². The zero-order valence-corrected chi connectivity index (χ0v) is 13.2. The SMILES string of the molecule is CCCCc1ccc(C(Cl)C2(C)CCCCC2)cc1. The van der Waals surface area contributed by atoms with Gasteiger partial charge in [-0.3, -0.25) is 0 Å². The van der Waals surface area contributed by atoms with Gasteiger partial charge in [0.15, 0.2) is 0 Å². The maximum atomic E-state index is 6.78. The Hall–Kier alpha value is -0.490. The number of unbranched alkanes of at least 4 members (excludes halogenated alkanes) is 1. The molecule has 0 bridgehead atoms. The van der Waals surface area contributed by atoms with Crippen molar-refractivity contribution in [2.24, 2.45) is 5.41 Å². The third-order valence-electron chi connectivity index (χ3n) is 4.70. The van der Waals surface area contributed by atoms with Gasteiger partial charge in [0.1, 0.15) is 0 Å². The van der Waals surface area contributed by atoms with E-state index in [-0.39, 0.29) is 5.38 Å². The first-order valence-electron chi connectivity index (χ1n) is 7.88. The molecule has 0 spiro atoms. The molecule has 0 N–H and O–H groups in total. The summed E-state index contributed by atoms with van der Waals surface area (Å²) in [5.74, 6) is 0. The van der Waals surface area contributed by atoms with Gasteiger partial charge in [-0.1, -0.05) is 63.8 Å². The lowest BCUT2D eigenvalue weighted by Gasteiger charge is -2.38. The number of hydrogen-bond donors (Lipinski definition) is 0. The molecule has 0 nitrogen and oxygen atoms in total. The van der Waals surface area contributed by atoms with Crippen molar-refractivity contribution in [2.75, 3.05) is 0 Å². The highest BCUT2D eigenvalue weighted by atomic mass is 35.5. The van der Waals surface area contributed by atoms with Crippen LogP contribution < -0.4 is 0 Å². The first-order valence-corrected chi connectivity index (χ1v) is 8.32. The Balaban J connectivity index is 2.04. The van der Waals surface area contributed by atoms with Crippen molar-refractivity contribution in [3.05, 3.63) is 35.4 Å². The van der Waals surface area contributed by atoms with E-state index >= 15 is 0 Å². The highest BCUT2D eigenvalue weighted by Crippen LogP contribution is 2.49. The molecule has 1 aliphatic rings. The molecular weight excluding hydrogens is 252 g/mol. The molecule has 19 heavy (non-hydrogen) atoms. The molecule has 0 amide bonds. The molecule has 106 valence electrons. The standard InChI is InChI=1S/C18H27Cl/c1-3-4-8-15-9-11-16(12-10-15)17(19)18(2)13-6-5-7-14-18/h9-12,17H,3-8,13-14H2,1-2H3. The molecule has 1 heteroatoms. The van der Waals surface area contributed by atoms with Crippen LogP contribution in [0.4, 0.5) is 0 Å². The summed E-state index contributed by atoms with van der Waals surface area (Å²) < 4.78 is 0. The second-order valence-corrected chi connectivity index (χ2v) is 6.86. The van der Waals surface area contributed by atoms with Gasteiger partial charge in [0.05, 0.1) is 5.38 Å². The largest absolute Gasteiger partial charge is 0.117 e. The van der Waals surface area contributed by atoms with Gasteiger partial charge < -0.3 is 0 Å². The summed E-state index contributed by atoms with van der Waals surface area (Å²) in [5.41, 5.74) is 3.06. The van der Waals surface area contributed by atoms with Gasteiger partial charge in [0, 0.05) is 0 Å². The highest BCUT2D eigenvalue weighted by Gasteiger charge is 2.35. The van der Waals surface area contributed by atoms with Crippen molar-refractivity contribution in [2.45, 2.75) is 70.6 Å². The third-order valence-corrected chi connectivity index (χ3v) is 5.48. The Morgan fingerprint density at radius 1 is 1.11 bits per heavy atom. The molecule has 0 aromatic heterocycles. The number of aryl methyl sites for hydroxylation is 1. The number of halogens is 1. The second-order valence-electron chi connectivity index (χ2n) is 6.42. The Labute approximate surface area is 123 Å². The van der Waals surface area contributed by atoms with E-state index in [0.29, 0.717) is 5.41 Å². The van der Waals surface area contributed by atoms with Crippen LogP contribution in [0.15, 0.2) is 24.3 Å². The summed E-state index contributed by atoms with van der Waals surface area (Å²) in [6, 6.07) is 9.05. The molecular formula is C18H27Cl. The first kappa shape index (κ1) is 14.9. The molecule has 1 saturated carbocycles. The van der Waals surface area contributed by atoms with Crippen LogP contribution in [-0.2, 0) is 6.42 Å². The summed E-state index contributed by atoms with van der Waals surface area (Å²) in [6.45, 7) is 4.61. The van der Waals surface area contributed by atoms with Crippen LogP contribution in [0.1, 0.15) is 75.3 Å². The van der Waals surface area contributed by atoms with E-state index in [1.54, 1.807) is 0 Å². The molecule has 0 radical (unpaired) electrons. The van der Waals surface area contributed by atoms with E-state index < -0.39 is 0 Å². The molecule has 1 aliphatic carbocycles. The summed E-state index contributed by atoms with van der Waals surface area (Å²) in [7, 11) is 0. The third kappa shape index (κ3) is 3.75.